The zero-order valence-corrected chi connectivity index (χ0v) is 8.58. The average Bonchev–Trinajstić information content (AvgIpc) is 2.43. The van der Waals surface area contributed by atoms with Gasteiger partial charge in [0.25, 0.3) is 0 Å². The van der Waals surface area contributed by atoms with Gasteiger partial charge < -0.3 is 5.11 Å². The first-order valence-electron chi connectivity index (χ1n) is 5.24. The van der Waals surface area contributed by atoms with Gasteiger partial charge in [0.15, 0.2) is 0 Å². The van der Waals surface area contributed by atoms with E-state index in [4.69, 9.17) is 5.26 Å². The number of hydrogen-bond acceptors (Lipinski definition) is 2. The number of nitrogens with zero attached hydrogens (tertiary/aromatic N) is 1. The van der Waals surface area contributed by atoms with Crippen LogP contribution in [0.1, 0.15) is 46.0 Å². The molecule has 74 valence electrons. The van der Waals surface area contributed by atoms with Gasteiger partial charge in [0, 0.05) is 0 Å². The van der Waals surface area contributed by atoms with Gasteiger partial charge in [0.1, 0.15) is 0 Å². The van der Waals surface area contributed by atoms with E-state index in [1.807, 2.05) is 0 Å². The second-order valence-corrected chi connectivity index (χ2v) is 4.42. The molecule has 1 saturated carbocycles. The Hall–Kier alpha value is -0.550. The van der Waals surface area contributed by atoms with Crippen LogP contribution in [0.15, 0.2) is 0 Å². The lowest BCUT2D eigenvalue weighted by atomic mass is 9.83. The molecule has 2 nitrogen and oxygen atoms in total. The maximum atomic E-state index is 10.2. The van der Waals surface area contributed by atoms with Gasteiger partial charge in [-0.1, -0.05) is 20.3 Å². The summed E-state index contributed by atoms with van der Waals surface area (Å²) in [6.07, 6.45) is 4.50. The van der Waals surface area contributed by atoms with Gasteiger partial charge in [-0.3, -0.25) is 0 Å². The van der Waals surface area contributed by atoms with E-state index in [9.17, 15) is 5.11 Å². The zero-order valence-electron chi connectivity index (χ0n) is 8.58. The molecule has 1 aliphatic carbocycles. The van der Waals surface area contributed by atoms with Gasteiger partial charge >= 0.3 is 0 Å². The monoisotopic (exact) mass is 181 g/mol. The molecule has 1 N–H and O–H groups in total. The minimum atomic E-state index is -0.676. The minimum absolute atomic E-state index is 0.151. The molecule has 0 saturated heterocycles. The molecular weight excluding hydrogens is 162 g/mol. The Labute approximate surface area is 80.6 Å². The van der Waals surface area contributed by atoms with Crippen LogP contribution in [0.5, 0.6) is 0 Å². The summed E-state index contributed by atoms with van der Waals surface area (Å²) in [5, 5.41) is 19.2. The van der Waals surface area contributed by atoms with Crippen LogP contribution in [0.4, 0.5) is 0 Å². The first-order chi connectivity index (χ1) is 6.12. The highest BCUT2D eigenvalue weighted by Gasteiger charge is 2.41. The van der Waals surface area contributed by atoms with E-state index in [-0.39, 0.29) is 5.92 Å². The fraction of sp³-hybridized carbons (Fsp3) is 0.909. The summed E-state index contributed by atoms with van der Waals surface area (Å²) in [5.41, 5.74) is -0.676. The highest BCUT2D eigenvalue weighted by Crippen LogP contribution is 2.40. The van der Waals surface area contributed by atoms with Crippen LogP contribution < -0.4 is 0 Å². The smallest absolute Gasteiger partial charge is 0.0807 e. The van der Waals surface area contributed by atoms with Gasteiger partial charge in [0.2, 0.25) is 0 Å². The topological polar surface area (TPSA) is 44.0 Å². The lowest BCUT2D eigenvalue weighted by Crippen LogP contribution is -2.34. The standard InChI is InChI=1S/C11H19NO/c1-3-4-10(8-12)11(13)6-5-9(2)7-11/h9-10,13H,3-7H2,1-2H3. The normalized spacial score (nSPS) is 35.7. The minimum Gasteiger partial charge on any atom is -0.389 e. The predicted octanol–water partition coefficient (Wildman–Crippen LogP) is 2.48. The van der Waals surface area contributed by atoms with E-state index < -0.39 is 5.60 Å². The molecule has 0 aromatic heterocycles. The molecule has 0 heterocycles. The Morgan fingerprint density at radius 2 is 2.38 bits per heavy atom. The van der Waals surface area contributed by atoms with Gasteiger partial charge in [-0.05, 0) is 31.6 Å². The SMILES string of the molecule is CCCC(C#N)C1(O)CCC(C)C1. The van der Waals surface area contributed by atoms with Crippen molar-refractivity contribution in [1.29, 1.82) is 5.26 Å². The van der Waals surface area contributed by atoms with E-state index in [1.54, 1.807) is 0 Å². The third kappa shape index (κ3) is 2.22. The second kappa shape index (κ2) is 4.11. The third-order valence-corrected chi connectivity index (χ3v) is 3.15. The molecule has 0 amide bonds. The Balaban J connectivity index is 2.62. The molecule has 1 aliphatic rings. The summed E-state index contributed by atoms with van der Waals surface area (Å²) < 4.78 is 0. The van der Waals surface area contributed by atoms with Crippen molar-refractivity contribution in [3.63, 3.8) is 0 Å². The lowest BCUT2D eigenvalue weighted by Gasteiger charge is -2.27. The van der Waals surface area contributed by atoms with Crippen LogP contribution in [0.3, 0.4) is 0 Å². The summed E-state index contributed by atoms with van der Waals surface area (Å²) in [4.78, 5) is 0. The third-order valence-electron chi connectivity index (χ3n) is 3.15. The molecule has 0 aliphatic heterocycles. The van der Waals surface area contributed by atoms with Crippen molar-refractivity contribution in [1.82, 2.24) is 0 Å². The molecule has 0 radical (unpaired) electrons. The van der Waals surface area contributed by atoms with Crippen molar-refractivity contribution in [3.8, 4) is 6.07 Å². The zero-order chi connectivity index (χ0) is 9.90. The summed E-state index contributed by atoms with van der Waals surface area (Å²) in [7, 11) is 0. The van der Waals surface area contributed by atoms with Gasteiger partial charge in [-0.15, -0.1) is 0 Å². The first kappa shape index (κ1) is 10.5. The van der Waals surface area contributed by atoms with Crippen LogP contribution in [-0.4, -0.2) is 10.7 Å². The summed E-state index contributed by atoms with van der Waals surface area (Å²) >= 11 is 0. The summed E-state index contributed by atoms with van der Waals surface area (Å²) in [5.74, 6) is 0.431. The largest absolute Gasteiger partial charge is 0.389 e. The molecule has 0 aromatic carbocycles. The molecule has 0 bridgehead atoms. The fourth-order valence-electron chi connectivity index (χ4n) is 2.36. The van der Waals surface area contributed by atoms with Crippen LogP contribution in [0, 0.1) is 23.2 Å². The number of rotatable bonds is 3. The average molecular weight is 181 g/mol. The molecule has 13 heavy (non-hydrogen) atoms. The molecule has 0 spiro atoms. The van der Waals surface area contributed by atoms with Gasteiger partial charge in [-0.25, -0.2) is 0 Å². The van der Waals surface area contributed by atoms with Crippen molar-refractivity contribution in [2.24, 2.45) is 11.8 Å². The quantitative estimate of drug-likeness (QED) is 0.727. The fourth-order valence-corrected chi connectivity index (χ4v) is 2.36. The van der Waals surface area contributed by atoms with Crippen LogP contribution in [0.25, 0.3) is 0 Å². The summed E-state index contributed by atoms with van der Waals surface area (Å²) in [6.45, 7) is 4.21. The van der Waals surface area contributed by atoms with E-state index in [1.165, 1.54) is 0 Å². The predicted molar refractivity (Wildman–Crippen MR) is 52.0 cm³/mol. The van der Waals surface area contributed by atoms with E-state index in [0.717, 1.165) is 32.1 Å². The van der Waals surface area contributed by atoms with E-state index >= 15 is 0 Å². The Morgan fingerprint density at radius 1 is 1.69 bits per heavy atom. The van der Waals surface area contributed by atoms with Crippen LogP contribution in [-0.2, 0) is 0 Å². The highest BCUT2D eigenvalue weighted by atomic mass is 16.3. The first-order valence-corrected chi connectivity index (χ1v) is 5.24. The van der Waals surface area contributed by atoms with Crippen molar-refractivity contribution in [3.05, 3.63) is 0 Å². The Morgan fingerprint density at radius 3 is 2.77 bits per heavy atom. The summed E-state index contributed by atoms with van der Waals surface area (Å²) in [6, 6.07) is 2.26. The van der Waals surface area contributed by atoms with Crippen molar-refractivity contribution in [2.75, 3.05) is 0 Å². The highest BCUT2D eigenvalue weighted by molar-refractivity contribution is 5.02. The van der Waals surface area contributed by atoms with E-state index in [0.29, 0.717) is 5.92 Å². The molecule has 1 rings (SSSR count). The molecular formula is C11H19NO. The number of nitriles is 1. The molecule has 3 unspecified atom stereocenters. The maximum Gasteiger partial charge on any atom is 0.0807 e. The van der Waals surface area contributed by atoms with E-state index in [2.05, 4.69) is 19.9 Å². The number of hydrogen-bond donors (Lipinski definition) is 1. The molecule has 1 fully saturated rings. The maximum absolute atomic E-state index is 10.2. The second-order valence-electron chi connectivity index (χ2n) is 4.42. The van der Waals surface area contributed by atoms with Crippen molar-refractivity contribution in [2.45, 2.75) is 51.6 Å². The van der Waals surface area contributed by atoms with Crippen LogP contribution in [0.2, 0.25) is 0 Å². The molecule has 2 heteroatoms. The van der Waals surface area contributed by atoms with Gasteiger partial charge in [-0.2, -0.15) is 5.26 Å². The van der Waals surface area contributed by atoms with Gasteiger partial charge in [0.05, 0.1) is 17.6 Å². The van der Waals surface area contributed by atoms with Crippen LogP contribution >= 0.6 is 0 Å². The molecule has 3 atom stereocenters. The Bertz CT molecular complexity index is 209. The molecule has 0 aromatic rings. The van der Waals surface area contributed by atoms with Crippen molar-refractivity contribution >= 4 is 0 Å². The number of aliphatic hydroxyl groups is 1. The van der Waals surface area contributed by atoms with Crippen molar-refractivity contribution < 1.29 is 5.11 Å². The Kier molecular flexibility index (Phi) is 3.33. The lowest BCUT2D eigenvalue weighted by molar-refractivity contribution is 0.00277.